The number of fused-ring (bicyclic) bond motifs is 3. The van der Waals surface area contributed by atoms with Gasteiger partial charge in [0, 0.05) is 19.0 Å². The Morgan fingerprint density at radius 3 is 2.24 bits per heavy atom. The number of aliphatic hydroxyl groups excluding tert-OH is 1. The molecular weight excluding hydrogens is 424 g/mol. The van der Waals surface area contributed by atoms with Crippen LogP contribution in [0.1, 0.15) is 36.8 Å². The number of carbonyl (C=O) groups excluding carboxylic acids is 2. The minimum absolute atomic E-state index is 0.0628. The lowest BCUT2D eigenvalue weighted by atomic mass is 9.97. The normalized spacial score (nSPS) is 20.5. The number of nitrogens with zero attached hydrogens (tertiary/aromatic N) is 1. The topological polar surface area (TPSA) is 116 Å². The summed E-state index contributed by atoms with van der Waals surface area (Å²) in [5, 5.41) is 21.7. The van der Waals surface area contributed by atoms with Crippen molar-refractivity contribution in [2.75, 3.05) is 19.7 Å². The molecular formula is C25H28N2O6. The smallest absolute Gasteiger partial charge is 0.407 e. The summed E-state index contributed by atoms with van der Waals surface area (Å²) in [6.07, 6.45) is -1.50. The van der Waals surface area contributed by atoms with E-state index in [0.29, 0.717) is 13.0 Å². The average molecular weight is 453 g/mol. The Morgan fingerprint density at radius 1 is 1.06 bits per heavy atom. The van der Waals surface area contributed by atoms with Gasteiger partial charge in [-0.25, -0.2) is 4.79 Å². The van der Waals surface area contributed by atoms with Gasteiger partial charge in [-0.15, -0.1) is 0 Å². The molecule has 0 bridgehead atoms. The van der Waals surface area contributed by atoms with Crippen molar-refractivity contribution in [2.45, 2.75) is 37.8 Å². The zero-order valence-electron chi connectivity index (χ0n) is 18.4. The number of ether oxygens (including phenoxy) is 1. The summed E-state index contributed by atoms with van der Waals surface area (Å²) in [5.74, 6) is -1.80. The van der Waals surface area contributed by atoms with Crippen molar-refractivity contribution in [3.8, 4) is 11.1 Å². The molecule has 0 aromatic heterocycles. The van der Waals surface area contributed by atoms with E-state index in [2.05, 4.69) is 5.32 Å². The van der Waals surface area contributed by atoms with Crippen LogP contribution < -0.4 is 5.32 Å². The first kappa shape index (κ1) is 22.8. The highest BCUT2D eigenvalue weighted by molar-refractivity contribution is 5.89. The van der Waals surface area contributed by atoms with Gasteiger partial charge in [0.25, 0.3) is 0 Å². The Labute approximate surface area is 192 Å². The van der Waals surface area contributed by atoms with E-state index in [0.717, 1.165) is 22.3 Å². The van der Waals surface area contributed by atoms with Crippen LogP contribution in [0.2, 0.25) is 0 Å². The van der Waals surface area contributed by atoms with E-state index in [-0.39, 0.29) is 25.0 Å². The number of hydrogen-bond acceptors (Lipinski definition) is 5. The molecule has 0 saturated carbocycles. The van der Waals surface area contributed by atoms with Crippen LogP contribution in [-0.4, -0.2) is 64.9 Å². The molecule has 1 saturated heterocycles. The van der Waals surface area contributed by atoms with Crippen LogP contribution in [0.15, 0.2) is 48.5 Å². The summed E-state index contributed by atoms with van der Waals surface area (Å²) < 4.78 is 5.47. The first-order valence-electron chi connectivity index (χ1n) is 11.1. The number of β-amino-alcohol motifs (C(OH)–C–C–N with tert-alkyl or cyclic N) is 1. The van der Waals surface area contributed by atoms with Gasteiger partial charge in [0.2, 0.25) is 5.91 Å². The Kier molecular flexibility index (Phi) is 6.65. The molecule has 3 N–H and O–H groups in total. The minimum atomic E-state index is -1.27. The standard InChI is InChI=1S/C25H28N2O6/c1-15-10-16(28)13-27(12-15)24(31)22(11-23(29)30)26-25(32)33-14-21-19-8-4-2-6-17(19)18-7-3-5-9-20(18)21/h2-9,15-16,21-22,28H,10-14H2,1H3,(H,26,32)(H,29,30)/t15-,16+,22?/m1/s1. The molecule has 1 fully saturated rings. The molecule has 4 rings (SSSR count). The van der Waals surface area contributed by atoms with Crippen molar-refractivity contribution in [3.63, 3.8) is 0 Å². The number of piperidine rings is 1. The Hall–Kier alpha value is -3.39. The molecule has 174 valence electrons. The molecule has 2 aromatic rings. The van der Waals surface area contributed by atoms with E-state index >= 15 is 0 Å². The Morgan fingerprint density at radius 2 is 1.67 bits per heavy atom. The van der Waals surface area contributed by atoms with Crippen LogP contribution in [0.4, 0.5) is 4.79 Å². The highest BCUT2D eigenvalue weighted by Crippen LogP contribution is 2.44. The number of nitrogens with one attached hydrogen (secondary N) is 1. The number of aliphatic carboxylic acids is 1. The van der Waals surface area contributed by atoms with Crippen molar-refractivity contribution >= 4 is 18.0 Å². The van der Waals surface area contributed by atoms with Gasteiger partial charge in [0.15, 0.2) is 0 Å². The maximum atomic E-state index is 12.9. The van der Waals surface area contributed by atoms with Gasteiger partial charge >= 0.3 is 12.1 Å². The van der Waals surface area contributed by atoms with Crippen LogP contribution in [0.25, 0.3) is 11.1 Å². The summed E-state index contributed by atoms with van der Waals surface area (Å²) in [7, 11) is 0. The van der Waals surface area contributed by atoms with Crippen molar-refractivity contribution in [2.24, 2.45) is 5.92 Å². The Balaban J connectivity index is 1.43. The quantitative estimate of drug-likeness (QED) is 0.620. The largest absolute Gasteiger partial charge is 0.481 e. The molecule has 2 amide bonds. The van der Waals surface area contributed by atoms with Gasteiger partial charge in [0.05, 0.1) is 12.5 Å². The van der Waals surface area contributed by atoms with Gasteiger partial charge in [0.1, 0.15) is 12.6 Å². The monoisotopic (exact) mass is 452 g/mol. The molecule has 0 spiro atoms. The van der Waals surface area contributed by atoms with Crippen molar-refractivity contribution in [1.82, 2.24) is 10.2 Å². The van der Waals surface area contributed by atoms with Crippen LogP contribution in [-0.2, 0) is 14.3 Å². The van der Waals surface area contributed by atoms with Gasteiger partial charge in [-0.05, 0) is 34.6 Å². The van der Waals surface area contributed by atoms with Gasteiger partial charge in [-0.1, -0.05) is 55.5 Å². The first-order valence-corrected chi connectivity index (χ1v) is 11.1. The van der Waals surface area contributed by atoms with E-state index in [4.69, 9.17) is 4.74 Å². The second-order valence-corrected chi connectivity index (χ2v) is 8.86. The molecule has 1 heterocycles. The molecule has 33 heavy (non-hydrogen) atoms. The van der Waals surface area contributed by atoms with Crippen molar-refractivity contribution in [1.29, 1.82) is 0 Å². The maximum Gasteiger partial charge on any atom is 0.407 e. The molecule has 8 nitrogen and oxygen atoms in total. The van der Waals surface area contributed by atoms with Crippen LogP contribution in [0.3, 0.4) is 0 Å². The van der Waals surface area contributed by atoms with E-state index in [9.17, 15) is 24.6 Å². The third kappa shape index (κ3) is 5.01. The molecule has 8 heteroatoms. The molecule has 3 atom stereocenters. The highest BCUT2D eigenvalue weighted by Gasteiger charge is 2.34. The molecule has 2 aromatic carbocycles. The second-order valence-electron chi connectivity index (χ2n) is 8.86. The van der Waals surface area contributed by atoms with Crippen molar-refractivity contribution in [3.05, 3.63) is 59.7 Å². The first-order chi connectivity index (χ1) is 15.8. The second kappa shape index (κ2) is 9.62. The minimum Gasteiger partial charge on any atom is -0.481 e. The van der Waals surface area contributed by atoms with Crippen LogP contribution in [0, 0.1) is 5.92 Å². The number of hydrogen-bond donors (Lipinski definition) is 3. The molecule has 1 aliphatic heterocycles. The zero-order chi connectivity index (χ0) is 23.5. The predicted octanol–water partition coefficient (Wildman–Crippen LogP) is 2.60. The zero-order valence-corrected chi connectivity index (χ0v) is 18.4. The SMILES string of the molecule is C[C@@H]1C[C@H](O)CN(C(=O)C(CC(=O)O)NC(=O)OCC2c3ccccc3-c3ccccc32)C1. The number of benzene rings is 2. The van der Waals surface area contributed by atoms with E-state index in [1.807, 2.05) is 55.5 Å². The fourth-order valence-corrected chi connectivity index (χ4v) is 4.88. The number of rotatable bonds is 6. The lowest BCUT2D eigenvalue weighted by Crippen LogP contribution is -2.54. The molecule has 1 unspecified atom stereocenters. The highest BCUT2D eigenvalue weighted by atomic mass is 16.5. The molecule has 1 aliphatic carbocycles. The molecule has 2 aliphatic rings. The van der Waals surface area contributed by atoms with Crippen molar-refractivity contribution < 1.29 is 29.3 Å². The van der Waals surface area contributed by atoms with Crippen LogP contribution in [0.5, 0.6) is 0 Å². The fourth-order valence-electron chi connectivity index (χ4n) is 4.88. The van der Waals surface area contributed by atoms with E-state index in [1.54, 1.807) is 0 Å². The molecule has 0 radical (unpaired) electrons. The number of carbonyl (C=O) groups is 3. The number of carboxylic acid groups (broad SMARTS) is 1. The number of amides is 2. The van der Waals surface area contributed by atoms with E-state index in [1.165, 1.54) is 4.90 Å². The van der Waals surface area contributed by atoms with Gasteiger partial charge in [-0.3, -0.25) is 9.59 Å². The summed E-state index contributed by atoms with van der Waals surface area (Å²) in [5.41, 5.74) is 4.31. The van der Waals surface area contributed by atoms with Gasteiger partial charge < -0.3 is 25.2 Å². The number of carboxylic acids is 1. The fraction of sp³-hybridized carbons (Fsp3) is 0.400. The third-order valence-electron chi connectivity index (χ3n) is 6.26. The third-order valence-corrected chi connectivity index (χ3v) is 6.26. The maximum absolute atomic E-state index is 12.9. The lowest BCUT2D eigenvalue weighted by molar-refractivity contribution is -0.144. The van der Waals surface area contributed by atoms with E-state index < -0.39 is 36.5 Å². The number of likely N-dealkylation sites (tertiary alicyclic amines) is 1. The summed E-state index contributed by atoms with van der Waals surface area (Å²) in [4.78, 5) is 38.3. The Bertz CT molecular complexity index is 999. The lowest BCUT2D eigenvalue weighted by Gasteiger charge is -2.36. The van der Waals surface area contributed by atoms with Crippen LogP contribution >= 0.6 is 0 Å². The summed E-state index contributed by atoms with van der Waals surface area (Å²) >= 11 is 0. The predicted molar refractivity (Wildman–Crippen MR) is 121 cm³/mol. The number of alkyl carbamates (subject to hydrolysis) is 1. The average Bonchev–Trinajstić information content (AvgIpc) is 3.09. The van der Waals surface area contributed by atoms with Gasteiger partial charge in [-0.2, -0.15) is 0 Å². The summed E-state index contributed by atoms with van der Waals surface area (Å²) in [6.45, 7) is 2.49. The summed E-state index contributed by atoms with van der Waals surface area (Å²) in [6, 6.07) is 14.6. The number of aliphatic hydroxyl groups is 1.